The fourth-order valence-corrected chi connectivity index (χ4v) is 3.41. The number of hydrogen-bond donors (Lipinski definition) is 0. The van der Waals surface area contributed by atoms with Crippen LogP contribution in [0, 0.1) is 17.8 Å². The van der Waals surface area contributed by atoms with Gasteiger partial charge in [-0.05, 0) is 30.0 Å². The number of fused-ring (bicyclic) bond motifs is 1. The van der Waals surface area contributed by atoms with E-state index in [0.29, 0.717) is 42.0 Å². The molecule has 142 valence electrons. The van der Waals surface area contributed by atoms with E-state index in [0.717, 1.165) is 13.1 Å². The van der Waals surface area contributed by atoms with Crippen LogP contribution in [0.1, 0.15) is 38.1 Å². The molecule has 1 saturated heterocycles. The van der Waals surface area contributed by atoms with Crippen molar-refractivity contribution in [3.63, 3.8) is 0 Å². The Hall–Kier alpha value is -2.24. The first-order valence-electron chi connectivity index (χ1n) is 9.33. The lowest BCUT2D eigenvalue weighted by atomic mass is 9.96. The van der Waals surface area contributed by atoms with Crippen molar-refractivity contribution in [2.75, 3.05) is 33.0 Å². The Morgan fingerprint density at radius 2 is 1.69 bits per heavy atom. The molecule has 2 heterocycles. The van der Waals surface area contributed by atoms with Gasteiger partial charge in [0.15, 0.2) is 11.5 Å². The minimum Gasteiger partial charge on any atom is -0.454 e. The Morgan fingerprint density at radius 1 is 1.08 bits per heavy atom. The van der Waals surface area contributed by atoms with Crippen LogP contribution in [-0.4, -0.2) is 54.6 Å². The second kappa shape index (κ2) is 7.56. The summed E-state index contributed by atoms with van der Waals surface area (Å²) < 4.78 is 10.6. The van der Waals surface area contributed by atoms with E-state index in [1.54, 1.807) is 23.1 Å². The van der Waals surface area contributed by atoms with E-state index in [2.05, 4.69) is 27.7 Å². The number of carbonyl (C=O) groups is 2. The van der Waals surface area contributed by atoms with Gasteiger partial charge in [-0.1, -0.05) is 27.7 Å². The minimum atomic E-state index is -0.0922. The number of rotatable bonds is 6. The Bertz CT molecular complexity index is 670. The molecule has 2 aliphatic heterocycles. The van der Waals surface area contributed by atoms with Gasteiger partial charge >= 0.3 is 0 Å². The lowest BCUT2D eigenvalue weighted by Gasteiger charge is -2.41. The largest absolute Gasteiger partial charge is 0.454 e. The molecule has 0 unspecified atom stereocenters. The third-order valence-corrected chi connectivity index (χ3v) is 4.62. The number of amides is 2. The van der Waals surface area contributed by atoms with Crippen molar-refractivity contribution in [1.29, 1.82) is 0 Å². The van der Waals surface area contributed by atoms with Crippen LogP contribution in [0.25, 0.3) is 0 Å². The summed E-state index contributed by atoms with van der Waals surface area (Å²) in [6.45, 7) is 11.2. The highest BCUT2D eigenvalue weighted by Crippen LogP contribution is 2.33. The van der Waals surface area contributed by atoms with Crippen molar-refractivity contribution >= 4 is 11.8 Å². The maximum Gasteiger partial charge on any atom is 0.254 e. The van der Waals surface area contributed by atoms with E-state index in [1.807, 2.05) is 4.90 Å². The highest BCUT2D eigenvalue weighted by Gasteiger charge is 2.38. The smallest absolute Gasteiger partial charge is 0.254 e. The molecule has 0 atom stereocenters. The summed E-state index contributed by atoms with van der Waals surface area (Å²) in [5.41, 5.74) is 0.571. The molecule has 6 heteroatoms. The molecular formula is C20H28N2O4. The highest BCUT2D eigenvalue weighted by molar-refractivity contribution is 5.96. The number of nitrogens with zero attached hydrogens (tertiary/aromatic N) is 2. The van der Waals surface area contributed by atoms with Crippen molar-refractivity contribution in [3.8, 4) is 11.5 Å². The zero-order valence-corrected chi connectivity index (χ0v) is 16.0. The summed E-state index contributed by atoms with van der Waals surface area (Å²) in [5.74, 6) is 2.15. The number of benzene rings is 1. The second-order valence-corrected chi connectivity index (χ2v) is 8.01. The Morgan fingerprint density at radius 3 is 2.31 bits per heavy atom. The molecule has 2 aliphatic rings. The quantitative estimate of drug-likeness (QED) is 0.782. The normalized spacial score (nSPS) is 16.2. The lowest BCUT2D eigenvalue weighted by molar-refractivity contribution is -0.141. The minimum absolute atomic E-state index is 0.0633. The van der Waals surface area contributed by atoms with Gasteiger partial charge in [0, 0.05) is 31.7 Å². The highest BCUT2D eigenvalue weighted by atomic mass is 16.7. The van der Waals surface area contributed by atoms with E-state index >= 15 is 0 Å². The molecule has 6 nitrogen and oxygen atoms in total. The van der Waals surface area contributed by atoms with Crippen LogP contribution >= 0.6 is 0 Å². The van der Waals surface area contributed by atoms with E-state index in [9.17, 15) is 9.59 Å². The van der Waals surface area contributed by atoms with Crippen molar-refractivity contribution in [2.24, 2.45) is 17.8 Å². The van der Waals surface area contributed by atoms with Crippen LogP contribution in [0.5, 0.6) is 11.5 Å². The number of ether oxygens (including phenoxy) is 2. The molecule has 0 saturated carbocycles. The third kappa shape index (κ3) is 3.94. The van der Waals surface area contributed by atoms with Crippen LogP contribution in [0.3, 0.4) is 0 Å². The van der Waals surface area contributed by atoms with Gasteiger partial charge in [-0.25, -0.2) is 0 Å². The van der Waals surface area contributed by atoms with Gasteiger partial charge in [0.05, 0.1) is 5.92 Å². The number of hydrogen-bond acceptors (Lipinski definition) is 4. The lowest BCUT2D eigenvalue weighted by Crippen LogP contribution is -2.57. The SMILES string of the molecule is CC(C)CN(CC(C)C)C(=O)C1CN(C(=O)c2ccc3c(c2)OCO3)C1. The van der Waals surface area contributed by atoms with Gasteiger partial charge in [0.25, 0.3) is 5.91 Å². The molecule has 26 heavy (non-hydrogen) atoms. The molecule has 0 N–H and O–H groups in total. The Labute approximate surface area is 155 Å². The monoisotopic (exact) mass is 360 g/mol. The van der Waals surface area contributed by atoms with Crippen LogP contribution < -0.4 is 9.47 Å². The van der Waals surface area contributed by atoms with Gasteiger partial charge in [0.2, 0.25) is 12.7 Å². The van der Waals surface area contributed by atoms with Crippen LogP contribution in [-0.2, 0) is 4.79 Å². The number of carbonyl (C=O) groups excluding carboxylic acids is 2. The summed E-state index contributed by atoms with van der Waals surface area (Å²) in [7, 11) is 0. The van der Waals surface area contributed by atoms with Gasteiger partial charge in [-0.15, -0.1) is 0 Å². The molecular weight excluding hydrogens is 332 g/mol. The first kappa shape index (κ1) is 18.5. The Balaban J connectivity index is 1.58. The Kier molecular flexibility index (Phi) is 5.39. The van der Waals surface area contributed by atoms with Crippen LogP contribution in [0.15, 0.2) is 18.2 Å². The molecule has 1 fully saturated rings. The topological polar surface area (TPSA) is 59.1 Å². The molecule has 0 radical (unpaired) electrons. The summed E-state index contributed by atoms with van der Waals surface area (Å²) in [6.07, 6.45) is 0. The van der Waals surface area contributed by atoms with Crippen molar-refractivity contribution in [3.05, 3.63) is 23.8 Å². The van der Waals surface area contributed by atoms with Gasteiger partial charge < -0.3 is 19.3 Å². The maximum atomic E-state index is 12.8. The van der Waals surface area contributed by atoms with Gasteiger partial charge in [0.1, 0.15) is 0 Å². The van der Waals surface area contributed by atoms with E-state index in [-0.39, 0.29) is 24.5 Å². The van der Waals surface area contributed by atoms with Crippen molar-refractivity contribution in [1.82, 2.24) is 9.80 Å². The molecule has 1 aromatic carbocycles. The van der Waals surface area contributed by atoms with Crippen LogP contribution in [0.4, 0.5) is 0 Å². The first-order chi connectivity index (χ1) is 12.3. The molecule has 0 aromatic heterocycles. The fourth-order valence-electron chi connectivity index (χ4n) is 3.41. The van der Waals surface area contributed by atoms with Crippen molar-refractivity contribution < 1.29 is 19.1 Å². The fraction of sp³-hybridized carbons (Fsp3) is 0.600. The summed E-state index contributed by atoms with van der Waals surface area (Å²) >= 11 is 0. The molecule has 0 spiro atoms. The first-order valence-corrected chi connectivity index (χ1v) is 9.33. The molecule has 2 amide bonds. The van der Waals surface area contributed by atoms with Gasteiger partial charge in [-0.3, -0.25) is 9.59 Å². The van der Waals surface area contributed by atoms with E-state index in [4.69, 9.17) is 9.47 Å². The zero-order chi connectivity index (χ0) is 18.8. The standard InChI is InChI=1S/C20H28N2O4/c1-13(2)8-21(9-14(3)4)20(24)16-10-22(11-16)19(23)15-5-6-17-18(7-15)26-12-25-17/h5-7,13-14,16H,8-12H2,1-4H3. The molecule has 1 aromatic rings. The average molecular weight is 360 g/mol. The summed E-state index contributed by atoms with van der Waals surface area (Å²) in [5, 5.41) is 0. The van der Waals surface area contributed by atoms with Crippen molar-refractivity contribution in [2.45, 2.75) is 27.7 Å². The second-order valence-electron chi connectivity index (χ2n) is 8.01. The molecule has 0 bridgehead atoms. The third-order valence-electron chi connectivity index (χ3n) is 4.62. The number of likely N-dealkylation sites (tertiary alicyclic amines) is 1. The molecule has 3 rings (SSSR count). The predicted molar refractivity (Wildman–Crippen MR) is 98.2 cm³/mol. The summed E-state index contributed by atoms with van der Waals surface area (Å²) in [4.78, 5) is 29.1. The summed E-state index contributed by atoms with van der Waals surface area (Å²) in [6, 6.07) is 5.21. The van der Waals surface area contributed by atoms with E-state index < -0.39 is 0 Å². The van der Waals surface area contributed by atoms with Crippen LogP contribution in [0.2, 0.25) is 0 Å². The maximum absolute atomic E-state index is 12.8. The van der Waals surface area contributed by atoms with Gasteiger partial charge in [-0.2, -0.15) is 0 Å². The average Bonchev–Trinajstić information content (AvgIpc) is 2.99. The molecule has 0 aliphatic carbocycles. The van der Waals surface area contributed by atoms with E-state index in [1.165, 1.54) is 0 Å². The zero-order valence-electron chi connectivity index (χ0n) is 16.0. The predicted octanol–water partition coefficient (Wildman–Crippen LogP) is 2.63.